The molecule has 2 atom stereocenters. The summed E-state index contributed by atoms with van der Waals surface area (Å²) in [7, 11) is -3.10. The molecule has 7 nitrogen and oxygen atoms in total. The fourth-order valence-electron chi connectivity index (χ4n) is 3.60. The lowest BCUT2D eigenvalue weighted by atomic mass is 10.2. The zero-order chi connectivity index (χ0) is 21.8. The molecule has 0 aromatic heterocycles. The second-order valence-electron chi connectivity index (χ2n) is 7.24. The summed E-state index contributed by atoms with van der Waals surface area (Å²) < 4.78 is 24.3. The second kappa shape index (κ2) is 8.96. The average Bonchev–Trinajstić information content (AvgIpc) is 3.25. The van der Waals surface area contributed by atoms with E-state index in [9.17, 15) is 18.5 Å². The number of aliphatic imine (C=N–C) groups is 1. The molecule has 2 fully saturated rings. The fraction of sp³-hybridized carbons (Fsp3) is 0.227. The van der Waals surface area contributed by atoms with Crippen molar-refractivity contribution in [1.29, 1.82) is 5.26 Å². The number of thioether (sulfide) groups is 1. The van der Waals surface area contributed by atoms with Gasteiger partial charge in [0.2, 0.25) is 0 Å². The van der Waals surface area contributed by atoms with Crippen molar-refractivity contribution in [3.05, 3.63) is 78.0 Å². The molecule has 158 valence electrons. The lowest BCUT2D eigenvalue weighted by Gasteiger charge is -2.24. The molecule has 0 unspecified atom stereocenters. The number of rotatable bonds is 5. The number of hydrogen-bond acceptors (Lipinski definition) is 6. The first-order valence-electron chi connectivity index (χ1n) is 9.68. The molecule has 2 aliphatic heterocycles. The molecule has 2 aromatic rings. The minimum atomic E-state index is -3.10. The highest BCUT2D eigenvalue weighted by Crippen LogP contribution is 2.40. The number of hydrogen-bond donors (Lipinski definition) is 1. The average molecular weight is 453 g/mol. The number of benzene rings is 2. The van der Waals surface area contributed by atoms with Gasteiger partial charge >= 0.3 is 0 Å². The van der Waals surface area contributed by atoms with Crippen LogP contribution in [0.1, 0.15) is 5.56 Å². The van der Waals surface area contributed by atoms with Gasteiger partial charge in [-0.2, -0.15) is 5.26 Å². The molecule has 31 heavy (non-hydrogen) atoms. The summed E-state index contributed by atoms with van der Waals surface area (Å²) in [6.45, 7) is 0.308. The van der Waals surface area contributed by atoms with Crippen molar-refractivity contribution in [2.24, 2.45) is 4.99 Å². The van der Waals surface area contributed by atoms with Crippen LogP contribution in [0, 0.1) is 11.3 Å². The molecule has 2 heterocycles. The predicted molar refractivity (Wildman–Crippen MR) is 122 cm³/mol. The molecule has 1 N–H and O–H groups in total. The lowest BCUT2D eigenvalue weighted by molar-refractivity contribution is -0.117. The van der Waals surface area contributed by atoms with Crippen molar-refractivity contribution in [2.45, 2.75) is 17.8 Å². The normalized spacial score (nSPS) is 23.4. The Kier molecular flexibility index (Phi) is 6.11. The Labute approximate surface area is 185 Å². The van der Waals surface area contributed by atoms with Crippen LogP contribution in [0.5, 0.6) is 0 Å². The van der Waals surface area contributed by atoms with Crippen molar-refractivity contribution in [1.82, 2.24) is 5.32 Å². The van der Waals surface area contributed by atoms with E-state index in [-0.39, 0.29) is 28.4 Å². The third-order valence-electron chi connectivity index (χ3n) is 5.07. The number of fused-ring (bicyclic) bond motifs is 1. The van der Waals surface area contributed by atoms with Gasteiger partial charge in [-0.15, -0.1) is 0 Å². The summed E-state index contributed by atoms with van der Waals surface area (Å²) in [4.78, 5) is 18.7. The predicted octanol–water partition coefficient (Wildman–Crippen LogP) is 2.49. The van der Waals surface area contributed by atoms with E-state index in [1.165, 1.54) is 18.0 Å². The quantitative estimate of drug-likeness (QED) is 0.552. The van der Waals surface area contributed by atoms with E-state index in [1.807, 2.05) is 71.6 Å². The highest BCUT2D eigenvalue weighted by atomic mass is 32.2. The molecule has 0 spiro atoms. The number of nitriles is 1. The molecule has 2 saturated heterocycles. The Morgan fingerprint density at radius 3 is 2.52 bits per heavy atom. The number of amidine groups is 1. The highest BCUT2D eigenvalue weighted by molar-refractivity contribution is 8.16. The van der Waals surface area contributed by atoms with E-state index < -0.39 is 15.7 Å². The first-order chi connectivity index (χ1) is 15.0. The lowest BCUT2D eigenvalue weighted by Crippen LogP contribution is -2.37. The minimum Gasteiger partial charge on any atom is -0.347 e. The first-order valence-corrected chi connectivity index (χ1v) is 12.4. The van der Waals surface area contributed by atoms with Gasteiger partial charge in [-0.1, -0.05) is 60.3 Å². The molecular weight excluding hydrogens is 432 g/mol. The van der Waals surface area contributed by atoms with E-state index >= 15 is 0 Å². The summed E-state index contributed by atoms with van der Waals surface area (Å²) in [6.07, 6.45) is 1.26. The van der Waals surface area contributed by atoms with E-state index in [0.717, 1.165) is 11.3 Å². The summed E-state index contributed by atoms with van der Waals surface area (Å²) in [5.41, 5.74) is 1.65. The topological polar surface area (TPSA) is 103 Å². The molecular formula is C22H20N4O3S2. The van der Waals surface area contributed by atoms with Crippen LogP contribution in [0.4, 0.5) is 5.69 Å². The fourth-order valence-corrected chi connectivity index (χ4v) is 7.49. The molecule has 9 heteroatoms. The summed E-state index contributed by atoms with van der Waals surface area (Å²) in [5.74, 6) is -0.352. The Bertz CT molecular complexity index is 1170. The van der Waals surface area contributed by atoms with Crippen molar-refractivity contribution in [3.8, 4) is 6.07 Å². The van der Waals surface area contributed by atoms with Crippen LogP contribution in [-0.2, 0) is 21.2 Å². The number of para-hydroxylation sites is 1. The van der Waals surface area contributed by atoms with Gasteiger partial charge in [-0.05, 0) is 17.7 Å². The molecule has 1 amide bonds. The summed E-state index contributed by atoms with van der Waals surface area (Å²) >= 11 is 1.37. The SMILES string of the molecule is N#C/C(=C\N=C1S[C@@H]2CS(=O)(=O)C[C@H]2N1c1ccccc1)C(=O)NCc1ccccc1. The van der Waals surface area contributed by atoms with E-state index in [2.05, 4.69) is 10.3 Å². The number of carbonyl (C=O) groups excluding carboxylic acids is 1. The third kappa shape index (κ3) is 4.81. The zero-order valence-corrected chi connectivity index (χ0v) is 18.1. The van der Waals surface area contributed by atoms with Gasteiger partial charge in [-0.3, -0.25) is 4.79 Å². The van der Waals surface area contributed by atoms with Crippen molar-refractivity contribution in [2.75, 3.05) is 16.4 Å². The van der Waals surface area contributed by atoms with Crippen molar-refractivity contribution < 1.29 is 13.2 Å². The van der Waals surface area contributed by atoms with Crippen molar-refractivity contribution in [3.63, 3.8) is 0 Å². The smallest absolute Gasteiger partial charge is 0.263 e. The Balaban J connectivity index is 1.56. The van der Waals surface area contributed by atoms with Crippen LogP contribution < -0.4 is 10.2 Å². The van der Waals surface area contributed by atoms with Gasteiger partial charge in [0, 0.05) is 17.5 Å². The molecule has 0 aliphatic carbocycles. The molecule has 0 saturated carbocycles. The van der Waals surface area contributed by atoms with Crippen LogP contribution in [0.15, 0.2) is 77.4 Å². The summed E-state index contributed by atoms with van der Waals surface area (Å²) in [6, 6.07) is 20.5. The van der Waals surface area contributed by atoms with Gasteiger partial charge in [0.15, 0.2) is 15.0 Å². The van der Waals surface area contributed by atoms with Gasteiger partial charge in [-0.25, -0.2) is 13.4 Å². The Hall–Kier alpha value is -3.09. The number of carbonyl (C=O) groups is 1. The molecule has 0 bridgehead atoms. The van der Waals surface area contributed by atoms with E-state index in [4.69, 9.17) is 0 Å². The summed E-state index contributed by atoms with van der Waals surface area (Å²) in [5, 5.41) is 12.6. The van der Waals surface area contributed by atoms with Gasteiger partial charge in [0.25, 0.3) is 5.91 Å². The molecule has 2 aliphatic rings. The number of nitrogens with zero attached hydrogens (tertiary/aromatic N) is 3. The first kappa shape index (κ1) is 21.2. The van der Waals surface area contributed by atoms with E-state index in [0.29, 0.717) is 11.7 Å². The van der Waals surface area contributed by atoms with Crippen LogP contribution in [0.2, 0.25) is 0 Å². The molecule has 2 aromatic carbocycles. The molecule has 4 rings (SSSR count). The number of sulfone groups is 1. The maximum Gasteiger partial charge on any atom is 0.263 e. The maximum atomic E-state index is 12.4. The highest BCUT2D eigenvalue weighted by Gasteiger charge is 2.49. The monoisotopic (exact) mass is 452 g/mol. The van der Waals surface area contributed by atoms with Crippen LogP contribution in [0.25, 0.3) is 0 Å². The van der Waals surface area contributed by atoms with Crippen molar-refractivity contribution >= 4 is 38.4 Å². The van der Waals surface area contributed by atoms with Crippen LogP contribution in [0.3, 0.4) is 0 Å². The van der Waals surface area contributed by atoms with Gasteiger partial charge < -0.3 is 10.2 Å². The van der Waals surface area contributed by atoms with Gasteiger partial charge in [0.1, 0.15) is 11.6 Å². The Morgan fingerprint density at radius 1 is 1.16 bits per heavy atom. The number of amides is 1. The minimum absolute atomic E-state index is 0.0605. The number of anilines is 1. The largest absolute Gasteiger partial charge is 0.347 e. The maximum absolute atomic E-state index is 12.4. The third-order valence-corrected chi connectivity index (χ3v) is 8.29. The Morgan fingerprint density at radius 2 is 1.84 bits per heavy atom. The van der Waals surface area contributed by atoms with Gasteiger partial charge in [0.05, 0.1) is 23.7 Å². The van der Waals surface area contributed by atoms with Crippen LogP contribution in [-0.4, -0.2) is 42.3 Å². The second-order valence-corrected chi connectivity index (χ2v) is 10.6. The van der Waals surface area contributed by atoms with Crippen LogP contribution >= 0.6 is 11.8 Å². The number of nitrogens with one attached hydrogen (secondary N) is 1. The standard InChI is InChI=1S/C22H20N4O3S2/c23-11-17(21(27)24-12-16-7-3-1-4-8-16)13-25-22-26(18-9-5-2-6-10-18)19-14-31(28,29)15-20(19)30-22/h1-10,13,19-20H,12,14-15H2,(H,24,27)/b17-13+,25-22?/t19-,20-/m1/s1. The zero-order valence-electron chi connectivity index (χ0n) is 16.5. The molecule has 0 radical (unpaired) electrons. The van der Waals surface area contributed by atoms with E-state index in [1.54, 1.807) is 0 Å².